The molecule has 3 rings (SSSR count). The molecular formula is C13H14N4OS. The first-order valence-corrected chi connectivity index (χ1v) is 6.97. The Morgan fingerprint density at radius 3 is 3.11 bits per heavy atom. The summed E-state index contributed by atoms with van der Waals surface area (Å²) in [5.41, 5.74) is 2.35. The summed E-state index contributed by atoms with van der Waals surface area (Å²) in [6.07, 6.45) is 0.461. The molecule has 1 aliphatic rings. The third kappa shape index (κ3) is 2.58. The fraction of sp³-hybridized carbons (Fsp3) is 0.308. The number of amides is 1. The van der Waals surface area contributed by atoms with Gasteiger partial charge in [0.15, 0.2) is 0 Å². The molecular weight excluding hydrogens is 260 g/mol. The predicted molar refractivity (Wildman–Crippen MR) is 75.6 cm³/mol. The minimum atomic E-state index is -0.0142. The second-order valence-electron chi connectivity index (χ2n) is 4.54. The zero-order valence-electron chi connectivity index (χ0n) is 10.5. The highest BCUT2D eigenvalue weighted by Crippen LogP contribution is 2.33. The van der Waals surface area contributed by atoms with E-state index < -0.39 is 0 Å². The van der Waals surface area contributed by atoms with Gasteiger partial charge in [-0.2, -0.15) is 0 Å². The van der Waals surface area contributed by atoms with Crippen LogP contribution in [0.15, 0.2) is 24.3 Å². The highest BCUT2D eigenvalue weighted by atomic mass is 32.1. The number of anilines is 2. The maximum absolute atomic E-state index is 12.0. The maximum Gasteiger partial charge on any atom is 0.226 e. The van der Waals surface area contributed by atoms with Crippen molar-refractivity contribution >= 4 is 28.1 Å². The number of aryl methyl sites for hydroxylation is 1. The molecule has 6 heteroatoms. The molecule has 0 aliphatic carbocycles. The van der Waals surface area contributed by atoms with Crippen molar-refractivity contribution in [2.24, 2.45) is 0 Å². The second-order valence-corrected chi connectivity index (χ2v) is 5.73. The molecule has 5 nitrogen and oxygen atoms in total. The van der Waals surface area contributed by atoms with Crippen LogP contribution in [-0.4, -0.2) is 22.6 Å². The number of carbonyl (C=O) groups is 1. The lowest BCUT2D eigenvalue weighted by Gasteiger charge is -2.08. The van der Waals surface area contributed by atoms with Gasteiger partial charge in [-0.05, 0) is 18.6 Å². The number of hydrogen-bond acceptors (Lipinski definition) is 5. The number of nitrogens with one attached hydrogen (secondary N) is 2. The standard InChI is InChI=1S/C13H14N4OS/c1-8-16-17-13(19-8)15-12(18)6-9-7-14-11-5-3-2-4-10(9)11/h2-5,9,14H,6-7H2,1H3,(H,15,17,18). The summed E-state index contributed by atoms with van der Waals surface area (Å²) in [5, 5.41) is 15.3. The van der Waals surface area contributed by atoms with Crippen molar-refractivity contribution in [2.75, 3.05) is 17.2 Å². The SMILES string of the molecule is Cc1nnc(NC(=O)CC2CNc3ccccc32)s1. The smallest absolute Gasteiger partial charge is 0.226 e. The molecule has 0 fully saturated rings. The molecule has 2 N–H and O–H groups in total. The molecule has 0 saturated carbocycles. The van der Waals surface area contributed by atoms with Crippen LogP contribution in [0.1, 0.15) is 22.9 Å². The number of benzene rings is 1. The van der Waals surface area contributed by atoms with E-state index in [0.29, 0.717) is 11.6 Å². The molecule has 0 radical (unpaired) electrons. The average molecular weight is 274 g/mol. The van der Waals surface area contributed by atoms with E-state index in [9.17, 15) is 4.79 Å². The van der Waals surface area contributed by atoms with Gasteiger partial charge in [-0.15, -0.1) is 10.2 Å². The summed E-state index contributed by atoms with van der Waals surface area (Å²) in [4.78, 5) is 12.0. The van der Waals surface area contributed by atoms with Crippen LogP contribution in [0.5, 0.6) is 0 Å². The number of hydrogen-bond donors (Lipinski definition) is 2. The number of carbonyl (C=O) groups excluding carboxylic acids is 1. The van der Waals surface area contributed by atoms with E-state index in [2.05, 4.69) is 26.9 Å². The van der Waals surface area contributed by atoms with Gasteiger partial charge < -0.3 is 10.6 Å². The van der Waals surface area contributed by atoms with Crippen molar-refractivity contribution in [3.8, 4) is 0 Å². The molecule has 1 aliphatic heterocycles. The third-order valence-electron chi connectivity index (χ3n) is 3.14. The number of fused-ring (bicyclic) bond motifs is 1. The summed E-state index contributed by atoms with van der Waals surface area (Å²) in [7, 11) is 0. The van der Waals surface area contributed by atoms with Gasteiger partial charge in [-0.25, -0.2) is 0 Å². The zero-order chi connectivity index (χ0) is 13.2. The van der Waals surface area contributed by atoms with Crippen molar-refractivity contribution in [3.63, 3.8) is 0 Å². The van der Waals surface area contributed by atoms with E-state index in [1.807, 2.05) is 25.1 Å². The van der Waals surface area contributed by atoms with Crippen LogP contribution in [0.4, 0.5) is 10.8 Å². The Morgan fingerprint density at radius 2 is 2.32 bits per heavy atom. The molecule has 0 spiro atoms. The van der Waals surface area contributed by atoms with Crippen molar-refractivity contribution < 1.29 is 4.79 Å². The van der Waals surface area contributed by atoms with E-state index in [-0.39, 0.29) is 11.8 Å². The number of para-hydroxylation sites is 1. The number of aromatic nitrogens is 2. The van der Waals surface area contributed by atoms with Crippen LogP contribution < -0.4 is 10.6 Å². The summed E-state index contributed by atoms with van der Waals surface area (Å²) in [5.74, 6) is 0.213. The van der Waals surface area contributed by atoms with Gasteiger partial charge in [0.2, 0.25) is 11.0 Å². The lowest BCUT2D eigenvalue weighted by Crippen LogP contribution is -2.16. The quantitative estimate of drug-likeness (QED) is 0.902. The zero-order valence-corrected chi connectivity index (χ0v) is 11.3. The van der Waals surface area contributed by atoms with E-state index >= 15 is 0 Å². The maximum atomic E-state index is 12.0. The van der Waals surface area contributed by atoms with Gasteiger partial charge in [-0.3, -0.25) is 4.79 Å². The lowest BCUT2D eigenvalue weighted by atomic mass is 9.98. The van der Waals surface area contributed by atoms with Crippen molar-refractivity contribution in [3.05, 3.63) is 34.8 Å². The predicted octanol–water partition coefficient (Wildman–Crippen LogP) is 2.38. The Kier molecular flexibility index (Phi) is 3.16. The van der Waals surface area contributed by atoms with Gasteiger partial charge in [-0.1, -0.05) is 29.5 Å². The van der Waals surface area contributed by atoms with E-state index in [1.165, 1.54) is 16.9 Å². The molecule has 1 atom stereocenters. The van der Waals surface area contributed by atoms with Gasteiger partial charge in [0, 0.05) is 24.6 Å². The second kappa shape index (κ2) is 4.97. The topological polar surface area (TPSA) is 66.9 Å². The average Bonchev–Trinajstić information content (AvgIpc) is 2.97. The van der Waals surface area contributed by atoms with Gasteiger partial charge in [0.05, 0.1) is 0 Å². The molecule has 2 aromatic rings. The molecule has 0 bridgehead atoms. The normalized spacial score (nSPS) is 16.8. The van der Waals surface area contributed by atoms with E-state index in [4.69, 9.17) is 0 Å². The minimum absolute atomic E-state index is 0.0142. The lowest BCUT2D eigenvalue weighted by molar-refractivity contribution is -0.116. The fourth-order valence-electron chi connectivity index (χ4n) is 2.28. The first-order valence-electron chi connectivity index (χ1n) is 6.15. The number of rotatable bonds is 3. The number of nitrogens with zero attached hydrogens (tertiary/aromatic N) is 2. The molecule has 0 saturated heterocycles. The van der Waals surface area contributed by atoms with Gasteiger partial charge >= 0.3 is 0 Å². The molecule has 98 valence electrons. The Morgan fingerprint density at radius 1 is 1.47 bits per heavy atom. The van der Waals surface area contributed by atoms with Gasteiger partial charge in [0.25, 0.3) is 0 Å². The Labute approximate surface area is 115 Å². The van der Waals surface area contributed by atoms with Crippen LogP contribution in [-0.2, 0) is 4.79 Å². The van der Waals surface area contributed by atoms with Crippen molar-refractivity contribution in [1.82, 2.24) is 10.2 Å². The summed E-state index contributed by atoms with van der Waals surface area (Å²) in [6, 6.07) is 8.12. The van der Waals surface area contributed by atoms with Crippen LogP contribution in [0.25, 0.3) is 0 Å². The minimum Gasteiger partial charge on any atom is -0.384 e. The molecule has 1 unspecified atom stereocenters. The molecule has 1 aromatic heterocycles. The highest BCUT2D eigenvalue weighted by Gasteiger charge is 2.24. The monoisotopic (exact) mass is 274 g/mol. The van der Waals surface area contributed by atoms with Crippen LogP contribution in [0, 0.1) is 6.92 Å². The Hall–Kier alpha value is -1.95. The molecule has 2 heterocycles. The first kappa shape index (κ1) is 12.1. The van der Waals surface area contributed by atoms with Crippen molar-refractivity contribution in [2.45, 2.75) is 19.3 Å². The van der Waals surface area contributed by atoms with E-state index in [1.54, 1.807) is 0 Å². The van der Waals surface area contributed by atoms with Crippen LogP contribution in [0.3, 0.4) is 0 Å². The summed E-state index contributed by atoms with van der Waals surface area (Å²) in [6.45, 7) is 2.67. The van der Waals surface area contributed by atoms with Crippen LogP contribution >= 0.6 is 11.3 Å². The molecule has 1 aromatic carbocycles. The largest absolute Gasteiger partial charge is 0.384 e. The van der Waals surface area contributed by atoms with E-state index in [0.717, 1.165) is 17.2 Å². The van der Waals surface area contributed by atoms with Gasteiger partial charge in [0.1, 0.15) is 5.01 Å². The van der Waals surface area contributed by atoms with Crippen molar-refractivity contribution in [1.29, 1.82) is 0 Å². The Bertz CT molecular complexity index is 610. The summed E-state index contributed by atoms with van der Waals surface area (Å²) >= 11 is 1.39. The molecule has 19 heavy (non-hydrogen) atoms. The fourth-order valence-corrected chi connectivity index (χ4v) is 2.89. The Balaban J connectivity index is 1.65. The third-order valence-corrected chi connectivity index (χ3v) is 3.90. The van der Waals surface area contributed by atoms with Crippen LogP contribution in [0.2, 0.25) is 0 Å². The first-order chi connectivity index (χ1) is 9.22. The highest BCUT2D eigenvalue weighted by molar-refractivity contribution is 7.15. The summed E-state index contributed by atoms with van der Waals surface area (Å²) < 4.78 is 0. The molecule has 1 amide bonds.